The van der Waals surface area contributed by atoms with Crippen molar-refractivity contribution in [3.8, 4) is 0 Å². The molecule has 1 aromatic rings. The van der Waals surface area contributed by atoms with Crippen LogP contribution in [0.25, 0.3) is 5.57 Å². The monoisotopic (exact) mass is 182 g/mol. The lowest BCUT2D eigenvalue weighted by Crippen LogP contribution is -1.83. The van der Waals surface area contributed by atoms with E-state index in [1.165, 1.54) is 22.3 Å². The van der Waals surface area contributed by atoms with E-state index in [0.717, 1.165) is 0 Å². The highest BCUT2D eigenvalue weighted by Gasteiger charge is 2.01. The quantitative estimate of drug-likeness (QED) is 0.618. The van der Waals surface area contributed by atoms with Crippen LogP contribution in [0, 0.1) is 6.92 Å². The van der Waals surface area contributed by atoms with E-state index in [-0.39, 0.29) is 0 Å². The highest BCUT2D eigenvalue weighted by atomic mass is 14.1. The van der Waals surface area contributed by atoms with Gasteiger partial charge in [-0.3, -0.25) is 0 Å². The van der Waals surface area contributed by atoms with Crippen molar-refractivity contribution in [3.05, 3.63) is 65.3 Å². The van der Waals surface area contributed by atoms with Gasteiger partial charge in [-0.2, -0.15) is 0 Å². The fourth-order valence-corrected chi connectivity index (χ4v) is 1.59. The van der Waals surface area contributed by atoms with Crippen LogP contribution in [-0.2, 0) is 0 Å². The Morgan fingerprint density at radius 2 is 1.50 bits per heavy atom. The first-order valence-corrected chi connectivity index (χ1v) is 4.90. The lowest BCUT2D eigenvalue weighted by atomic mass is 10.0. The molecule has 0 bridgehead atoms. The molecule has 1 aromatic carbocycles. The average molecular weight is 182 g/mol. The van der Waals surface area contributed by atoms with E-state index < -0.39 is 0 Å². The molecule has 0 atom stereocenters. The van der Waals surface area contributed by atoms with Crippen LogP contribution >= 0.6 is 0 Å². The summed E-state index contributed by atoms with van der Waals surface area (Å²) in [4.78, 5) is 0. The van der Waals surface area contributed by atoms with Gasteiger partial charge in [0.2, 0.25) is 0 Å². The number of benzene rings is 1. The molecule has 0 aliphatic heterocycles. The van der Waals surface area contributed by atoms with Crippen molar-refractivity contribution in [1.82, 2.24) is 0 Å². The summed E-state index contributed by atoms with van der Waals surface area (Å²) in [5, 5.41) is 0. The normalized spacial score (nSPS) is 13.7. The Labute approximate surface area is 85.3 Å². The zero-order chi connectivity index (χ0) is 9.97. The molecule has 70 valence electrons. The van der Waals surface area contributed by atoms with E-state index in [4.69, 9.17) is 0 Å². The van der Waals surface area contributed by atoms with Gasteiger partial charge >= 0.3 is 0 Å². The second-order valence-electron chi connectivity index (χ2n) is 3.66. The molecule has 0 nitrogen and oxygen atoms in total. The molecule has 0 amide bonds. The minimum Gasteiger partial charge on any atom is -0.0616 e. The van der Waals surface area contributed by atoms with Gasteiger partial charge in [0, 0.05) is 0 Å². The third-order valence-electron chi connectivity index (χ3n) is 2.58. The molecular formula is C14H14. The van der Waals surface area contributed by atoms with Crippen molar-refractivity contribution >= 4 is 5.57 Å². The second kappa shape index (κ2) is 3.67. The van der Waals surface area contributed by atoms with Crippen LogP contribution in [0.2, 0.25) is 0 Å². The largest absolute Gasteiger partial charge is 0.0616 e. The van der Waals surface area contributed by atoms with Gasteiger partial charge in [0.05, 0.1) is 0 Å². The van der Waals surface area contributed by atoms with Crippen molar-refractivity contribution in [2.75, 3.05) is 0 Å². The van der Waals surface area contributed by atoms with Crippen molar-refractivity contribution in [2.24, 2.45) is 0 Å². The summed E-state index contributed by atoms with van der Waals surface area (Å²) >= 11 is 0. The van der Waals surface area contributed by atoms with Crippen LogP contribution < -0.4 is 0 Å². The summed E-state index contributed by atoms with van der Waals surface area (Å²) in [5.41, 5.74) is 5.27. The minimum atomic E-state index is 1.31. The molecule has 0 aromatic heterocycles. The molecule has 0 spiro atoms. The number of hydrogen-bond acceptors (Lipinski definition) is 0. The topological polar surface area (TPSA) is 0 Å². The fourth-order valence-electron chi connectivity index (χ4n) is 1.59. The van der Waals surface area contributed by atoms with Crippen LogP contribution in [-0.4, -0.2) is 0 Å². The van der Waals surface area contributed by atoms with E-state index in [1.807, 2.05) is 0 Å². The van der Waals surface area contributed by atoms with Crippen LogP contribution in [0.3, 0.4) is 0 Å². The van der Waals surface area contributed by atoms with Gasteiger partial charge in [-0.15, -0.1) is 0 Å². The van der Waals surface area contributed by atoms with Gasteiger partial charge in [-0.05, 0) is 30.6 Å². The molecule has 0 heterocycles. The Morgan fingerprint density at radius 1 is 0.929 bits per heavy atom. The lowest BCUT2D eigenvalue weighted by molar-refractivity contribution is 1.44. The summed E-state index contributed by atoms with van der Waals surface area (Å²) in [6.07, 6.45) is 8.45. The Hall–Kier alpha value is -1.56. The first kappa shape index (κ1) is 9.01. The maximum Gasteiger partial charge on any atom is -0.0221 e. The highest BCUT2D eigenvalue weighted by molar-refractivity contribution is 5.73. The first-order valence-electron chi connectivity index (χ1n) is 4.90. The van der Waals surface area contributed by atoms with Crippen LogP contribution in [0.4, 0.5) is 0 Å². The van der Waals surface area contributed by atoms with E-state index in [2.05, 4.69) is 62.4 Å². The molecule has 0 saturated heterocycles. The van der Waals surface area contributed by atoms with E-state index in [0.29, 0.717) is 0 Å². The van der Waals surface area contributed by atoms with Crippen LogP contribution in [0.5, 0.6) is 0 Å². The number of rotatable bonds is 1. The Balaban J connectivity index is 2.40. The van der Waals surface area contributed by atoms with Crippen molar-refractivity contribution < 1.29 is 0 Å². The van der Waals surface area contributed by atoms with Gasteiger partial charge in [0.25, 0.3) is 0 Å². The summed E-state index contributed by atoms with van der Waals surface area (Å²) in [7, 11) is 0. The molecule has 0 heteroatoms. The molecule has 0 radical (unpaired) electrons. The Kier molecular flexibility index (Phi) is 2.36. The SMILES string of the molecule is CC(=C1C=CC=C1)c1ccc(C)cc1. The molecule has 14 heavy (non-hydrogen) atoms. The van der Waals surface area contributed by atoms with Crippen molar-refractivity contribution in [1.29, 1.82) is 0 Å². The van der Waals surface area contributed by atoms with Crippen molar-refractivity contribution in [3.63, 3.8) is 0 Å². The number of aryl methyl sites for hydroxylation is 1. The first-order chi connectivity index (χ1) is 6.77. The number of hydrogen-bond donors (Lipinski definition) is 0. The summed E-state index contributed by atoms with van der Waals surface area (Å²) in [6.45, 7) is 4.28. The summed E-state index contributed by atoms with van der Waals surface area (Å²) < 4.78 is 0. The van der Waals surface area contributed by atoms with Gasteiger partial charge in [-0.1, -0.05) is 54.1 Å². The average Bonchev–Trinajstić information content (AvgIpc) is 2.71. The predicted molar refractivity (Wildman–Crippen MR) is 62.1 cm³/mol. The standard InChI is InChI=1S/C14H14/c1-11-7-9-14(10-8-11)12(2)13-5-3-4-6-13/h3-10H,1-2H3. The van der Waals surface area contributed by atoms with Gasteiger partial charge in [0.1, 0.15) is 0 Å². The van der Waals surface area contributed by atoms with E-state index in [1.54, 1.807) is 0 Å². The molecule has 2 rings (SSSR count). The maximum absolute atomic E-state index is 2.18. The second-order valence-corrected chi connectivity index (χ2v) is 3.66. The lowest BCUT2D eigenvalue weighted by Gasteiger charge is -2.04. The molecule has 0 fully saturated rings. The minimum absolute atomic E-state index is 1.31. The van der Waals surface area contributed by atoms with Gasteiger partial charge in [-0.25, -0.2) is 0 Å². The van der Waals surface area contributed by atoms with Crippen molar-refractivity contribution in [2.45, 2.75) is 13.8 Å². The molecular weight excluding hydrogens is 168 g/mol. The Bertz CT molecular complexity index is 400. The van der Waals surface area contributed by atoms with Gasteiger partial charge in [0.15, 0.2) is 0 Å². The van der Waals surface area contributed by atoms with Crippen LogP contribution in [0.1, 0.15) is 18.1 Å². The molecule has 0 unspecified atom stereocenters. The molecule has 0 saturated carbocycles. The molecule has 1 aliphatic carbocycles. The third-order valence-corrected chi connectivity index (χ3v) is 2.58. The van der Waals surface area contributed by atoms with E-state index in [9.17, 15) is 0 Å². The smallest absolute Gasteiger partial charge is 0.0221 e. The van der Waals surface area contributed by atoms with Gasteiger partial charge < -0.3 is 0 Å². The van der Waals surface area contributed by atoms with E-state index >= 15 is 0 Å². The highest BCUT2D eigenvalue weighted by Crippen LogP contribution is 2.22. The zero-order valence-corrected chi connectivity index (χ0v) is 8.62. The fraction of sp³-hybridized carbons (Fsp3) is 0.143. The predicted octanol–water partition coefficient (Wildman–Crippen LogP) is 3.89. The summed E-state index contributed by atoms with van der Waals surface area (Å²) in [6, 6.07) is 8.67. The Morgan fingerprint density at radius 3 is 2.07 bits per heavy atom. The summed E-state index contributed by atoms with van der Waals surface area (Å²) in [5.74, 6) is 0. The maximum atomic E-state index is 2.18. The zero-order valence-electron chi connectivity index (χ0n) is 8.62. The third kappa shape index (κ3) is 1.69. The molecule has 1 aliphatic rings. The number of allylic oxidation sites excluding steroid dienone is 6. The molecule has 0 N–H and O–H groups in total. The van der Waals surface area contributed by atoms with Crippen LogP contribution in [0.15, 0.2) is 54.1 Å².